The number of piperidine rings is 1. The minimum absolute atomic E-state index is 0.269. The Morgan fingerprint density at radius 2 is 2.00 bits per heavy atom. The second-order valence-electron chi connectivity index (χ2n) is 8.48. The van der Waals surface area contributed by atoms with Crippen LogP contribution in [0.5, 0.6) is 0 Å². The third-order valence-corrected chi connectivity index (χ3v) is 6.98. The number of aromatic nitrogens is 1. The van der Waals surface area contributed by atoms with Gasteiger partial charge in [0.1, 0.15) is 5.82 Å². The first-order chi connectivity index (χ1) is 14.4. The molecule has 0 saturated carbocycles. The van der Waals surface area contributed by atoms with Crippen LogP contribution < -0.4 is 0 Å². The number of hydrogen-bond acceptors (Lipinski definition) is 3. The van der Waals surface area contributed by atoms with Crippen LogP contribution in [-0.2, 0) is 6.42 Å². The fourth-order valence-corrected chi connectivity index (χ4v) is 5.25. The molecule has 0 spiro atoms. The quantitative estimate of drug-likeness (QED) is 0.623. The first-order valence-electron chi connectivity index (χ1n) is 10.7. The second kappa shape index (κ2) is 8.78. The molecular formula is C24H29Cl2N3O. The molecule has 6 heteroatoms. The second-order valence-corrected chi connectivity index (χ2v) is 9.32. The van der Waals surface area contributed by atoms with Crippen molar-refractivity contribution >= 4 is 34.7 Å². The number of rotatable bonds is 4. The first-order valence-corrected chi connectivity index (χ1v) is 11.4. The smallest absolute Gasteiger partial charge is 0.141 e. The Kier molecular flexibility index (Phi) is 6.29. The standard InChI is InChI=1S/C24H29Cl2N3O/c1-15-11-20(28-9-4-5-18(14-28)8-10-30)13-21-16(2)17(3)29(24(21)27-15)23-7-6-19(25)12-22(23)26/h6-7,11-12,18,30H,4-5,8-10,13-14H2,1-3H3. The number of hydrogen-bond donors (Lipinski definition) is 1. The average molecular weight is 446 g/mol. The highest BCUT2D eigenvalue weighted by molar-refractivity contribution is 6.35. The van der Waals surface area contributed by atoms with Gasteiger partial charge in [-0.1, -0.05) is 23.2 Å². The summed E-state index contributed by atoms with van der Waals surface area (Å²) in [6.07, 6.45) is 6.33. The van der Waals surface area contributed by atoms with Gasteiger partial charge >= 0.3 is 0 Å². The zero-order chi connectivity index (χ0) is 21.4. The predicted molar refractivity (Wildman–Crippen MR) is 126 cm³/mol. The van der Waals surface area contributed by atoms with E-state index in [9.17, 15) is 5.11 Å². The molecule has 1 aromatic heterocycles. The van der Waals surface area contributed by atoms with Crippen LogP contribution in [-0.4, -0.2) is 40.0 Å². The van der Waals surface area contributed by atoms with Gasteiger partial charge in [-0.15, -0.1) is 0 Å². The normalized spacial score (nSPS) is 19.3. The summed E-state index contributed by atoms with van der Waals surface area (Å²) in [5, 5.41) is 10.6. The molecule has 0 aliphatic carbocycles. The Hall–Kier alpha value is -1.75. The van der Waals surface area contributed by atoms with Crippen molar-refractivity contribution in [1.82, 2.24) is 9.47 Å². The molecule has 160 valence electrons. The first kappa shape index (κ1) is 21.5. The lowest BCUT2D eigenvalue weighted by Gasteiger charge is -2.36. The van der Waals surface area contributed by atoms with Gasteiger partial charge < -0.3 is 10.0 Å². The highest BCUT2D eigenvalue weighted by Gasteiger charge is 2.27. The van der Waals surface area contributed by atoms with Crippen LogP contribution in [0.15, 0.2) is 35.0 Å². The van der Waals surface area contributed by atoms with E-state index in [4.69, 9.17) is 28.2 Å². The van der Waals surface area contributed by atoms with E-state index in [0.717, 1.165) is 48.8 Å². The van der Waals surface area contributed by atoms with Gasteiger partial charge in [-0.25, -0.2) is 4.99 Å². The molecule has 2 aromatic rings. The van der Waals surface area contributed by atoms with Crippen LogP contribution in [0.2, 0.25) is 10.0 Å². The number of fused-ring (bicyclic) bond motifs is 1. The minimum Gasteiger partial charge on any atom is -0.396 e. The van der Waals surface area contributed by atoms with Crippen LogP contribution in [0.3, 0.4) is 0 Å². The van der Waals surface area contributed by atoms with Gasteiger partial charge in [-0.2, -0.15) is 0 Å². The van der Waals surface area contributed by atoms with Crippen molar-refractivity contribution < 1.29 is 5.11 Å². The van der Waals surface area contributed by atoms with E-state index in [2.05, 4.69) is 36.3 Å². The van der Waals surface area contributed by atoms with Crippen molar-refractivity contribution in [2.75, 3.05) is 19.7 Å². The van der Waals surface area contributed by atoms with Crippen LogP contribution in [0.25, 0.3) is 5.69 Å². The molecule has 2 aliphatic heterocycles. The van der Waals surface area contributed by atoms with E-state index >= 15 is 0 Å². The molecule has 4 rings (SSSR count). The number of halogens is 2. The van der Waals surface area contributed by atoms with Crippen LogP contribution in [0.1, 0.15) is 43.0 Å². The lowest BCUT2D eigenvalue weighted by Crippen LogP contribution is -2.36. The third-order valence-electron chi connectivity index (χ3n) is 6.44. The van der Waals surface area contributed by atoms with Crippen LogP contribution in [0.4, 0.5) is 5.82 Å². The lowest BCUT2D eigenvalue weighted by atomic mass is 9.94. The fourth-order valence-electron chi connectivity index (χ4n) is 4.75. The largest absolute Gasteiger partial charge is 0.396 e. The number of allylic oxidation sites excluding steroid dienone is 2. The molecule has 1 N–H and O–H groups in total. The molecule has 1 fully saturated rings. The summed E-state index contributed by atoms with van der Waals surface area (Å²) >= 11 is 12.7. The summed E-state index contributed by atoms with van der Waals surface area (Å²) in [6.45, 7) is 8.71. The molecule has 0 bridgehead atoms. The van der Waals surface area contributed by atoms with Gasteiger partial charge in [0.25, 0.3) is 0 Å². The number of nitrogens with zero attached hydrogens (tertiary/aromatic N) is 3. The lowest BCUT2D eigenvalue weighted by molar-refractivity contribution is 0.174. The molecule has 3 heterocycles. The molecular weight excluding hydrogens is 417 g/mol. The van der Waals surface area contributed by atoms with E-state index in [-0.39, 0.29) is 6.61 Å². The van der Waals surface area contributed by atoms with E-state index < -0.39 is 0 Å². The molecule has 1 atom stereocenters. The van der Waals surface area contributed by atoms with Crippen molar-refractivity contribution in [2.24, 2.45) is 10.9 Å². The van der Waals surface area contributed by atoms with E-state index in [1.807, 2.05) is 12.1 Å². The summed E-state index contributed by atoms with van der Waals surface area (Å²) in [6, 6.07) is 5.62. The SMILES string of the molecule is CC1=Nc2c(c(C)c(C)n2-c2ccc(Cl)cc2Cl)CC(N2CCCC(CCO)C2)=C1. The topological polar surface area (TPSA) is 40.8 Å². The van der Waals surface area contributed by atoms with E-state index in [1.54, 1.807) is 6.07 Å². The predicted octanol–water partition coefficient (Wildman–Crippen LogP) is 6.03. The maximum absolute atomic E-state index is 9.38. The van der Waals surface area contributed by atoms with Crippen LogP contribution >= 0.6 is 23.2 Å². The Balaban J connectivity index is 1.74. The highest BCUT2D eigenvalue weighted by Crippen LogP contribution is 2.39. The Labute approximate surface area is 188 Å². The Morgan fingerprint density at radius 3 is 2.73 bits per heavy atom. The summed E-state index contributed by atoms with van der Waals surface area (Å²) in [5.74, 6) is 1.52. The fraction of sp³-hybridized carbons (Fsp3) is 0.458. The van der Waals surface area contributed by atoms with Gasteiger partial charge in [0.15, 0.2) is 0 Å². The maximum Gasteiger partial charge on any atom is 0.141 e. The van der Waals surface area contributed by atoms with Gasteiger partial charge in [0.05, 0.1) is 10.7 Å². The summed E-state index contributed by atoms with van der Waals surface area (Å²) in [4.78, 5) is 7.51. The average Bonchev–Trinajstić information content (AvgIpc) is 2.84. The van der Waals surface area contributed by atoms with Gasteiger partial charge in [-0.05, 0) is 75.8 Å². The monoisotopic (exact) mass is 445 g/mol. The molecule has 0 radical (unpaired) electrons. The molecule has 4 nitrogen and oxygen atoms in total. The van der Waals surface area contributed by atoms with Crippen molar-refractivity contribution in [3.63, 3.8) is 0 Å². The van der Waals surface area contributed by atoms with Crippen molar-refractivity contribution in [1.29, 1.82) is 0 Å². The summed E-state index contributed by atoms with van der Waals surface area (Å²) < 4.78 is 2.16. The molecule has 1 aromatic carbocycles. The third kappa shape index (κ3) is 4.05. The van der Waals surface area contributed by atoms with Gasteiger partial charge in [0.2, 0.25) is 0 Å². The number of aliphatic hydroxyl groups excluding tert-OH is 1. The molecule has 0 amide bonds. The zero-order valence-corrected chi connectivity index (χ0v) is 19.4. The summed E-state index contributed by atoms with van der Waals surface area (Å²) in [7, 11) is 0. The van der Waals surface area contributed by atoms with Crippen molar-refractivity contribution in [3.05, 3.63) is 56.8 Å². The van der Waals surface area contributed by atoms with Gasteiger partial charge in [-0.3, -0.25) is 4.57 Å². The molecule has 1 saturated heterocycles. The number of likely N-dealkylation sites (tertiary alicyclic amines) is 1. The molecule has 2 aliphatic rings. The van der Waals surface area contributed by atoms with Gasteiger partial charge in [0, 0.05) is 53.8 Å². The van der Waals surface area contributed by atoms with Crippen LogP contribution in [0, 0.1) is 19.8 Å². The van der Waals surface area contributed by atoms with Crippen molar-refractivity contribution in [2.45, 2.75) is 46.5 Å². The molecule has 1 unspecified atom stereocenters. The highest BCUT2D eigenvalue weighted by atomic mass is 35.5. The maximum atomic E-state index is 9.38. The number of aliphatic imine (C=N–C) groups is 1. The number of benzene rings is 1. The Bertz CT molecular complexity index is 1020. The Morgan fingerprint density at radius 1 is 1.20 bits per heavy atom. The summed E-state index contributed by atoms with van der Waals surface area (Å²) in [5.41, 5.74) is 6.88. The number of aliphatic hydroxyl groups is 1. The van der Waals surface area contributed by atoms with Crippen molar-refractivity contribution in [3.8, 4) is 5.69 Å². The van der Waals surface area contributed by atoms with E-state index in [0.29, 0.717) is 16.0 Å². The molecule has 30 heavy (non-hydrogen) atoms. The van der Waals surface area contributed by atoms with E-state index in [1.165, 1.54) is 29.7 Å². The minimum atomic E-state index is 0.269. The zero-order valence-electron chi connectivity index (χ0n) is 17.9.